The van der Waals surface area contributed by atoms with Crippen LogP contribution in [0.25, 0.3) is 0 Å². The zero-order chi connectivity index (χ0) is 8.97. The van der Waals surface area contributed by atoms with Crippen molar-refractivity contribution in [3.05, 3.63) is 0 Å². The van der Waals surface area contributed by atoms with Gasteiger partial charge in [0.25, 0.3) is 0 Å². The second kappa shape index (κ2) is 4.72. The van der Waals surface area contributed by atoms with Crippen molar-refractivity contribution in [3.63, 3.8) is 0 Å². The lowest BCUT2D eigenvalue weighted by molar-refractivity contribution is -0.143. The van der Waals surface area contributed by atoms with Crippen LogP contribution in [0.4, 0.5) is 0 Å². The predicted molar refractivity (Wildman–Crippen MR) is 50.2 cm³/mol. The third-order valence-electron chi connectivity index (χ3n) is 2.40. The summed E-state index contributed by atoms with van der Waals surface area (Å²) in [6, 6.07) is 0. The van der Waals surface area contributed by atoms with Crippen LogP contribution in [-0.4, -0.2) is 29.1 Å². The molecule has 12 heavy (non-hydrogen) atoms. The van der Waals surface area contributed by atoms with Crippen LogP contribution in [0.2, 0.25) is 0 Å². The van der Waals surface area contributed by atoms with E-state index in [0.717, 1.165) is 24.3 Å². The fraction of sp³-hybridized carbons (Fsp3) is 0.875. The molecule has 3 nitrogen and oxygen atoms in total. The molecule has 0 aromatic heterocycles. The average molecular weight is 189 g/mol. The maximum absolute atomic E-state index is 10.8. The van der Waals surface area contributed by atoms with Gasteiger partial charge in [-0.2, -0.15) is 11.8 Å². The molecular weight excluding hydrogens is 174 g/mol. The lowest BCUT2D eigenvalue weighted by Gasteiger charge is -2.18. The molecule has 4 heteroatoms. The number of carbonyl (C=O) groups is 1. The largest absolute Gasteiger partial charge is 0.481 e. The lowest BCUT2D eigenvalue weighted by atomic mass is 9.88. The van der Waals surface area contributed by atoms with Gasteiger partial charge in [-0.15, -0.1) is 0 Å². The molecule has 0 bridgehead atoms. The first-order valence-electron chi connectivity index (χ1n) is 4.26. The number of hydrogen-bond acceptors (Lipinski definition) is 3. The van der Waals surface area contributed by atoms with Crippen LogP contribution in [0.15, 0.2) is 0 Å². The van der Waals surface area contributed by atoms with Crippen LogP contribution < -0.4 is 5.73 Å². The van der Waals surface area contributed by atoms with E-state index in [2.05, 4.69) is 0 Å². The van der Waals surface area contributed by atoms with Gasteiger partial charge in [0.1, 0.15) is 0 Å². The molecule has 1 heterocycles. The quantitative estimate of drug-likeness (QED) is 0.674. The first-order chi connectivity index (χ1) is 5.75. The van der Waals surface area contributed by atoms with Crippen LogP contribution in [0.3, 0.4) is 0 Å². The molecule has 0 aliphatic carbocycles. The van der Waals surface area contributed by atoms with Gasteiger partial charge < -0.3 is 10.8 Å². The van der Waals surface area contributed by atoms with Gasteiger partial charge in [0.05, 0.1) is 5.92 Å². The Morgan fingerprint density at radius 1 is 1.50 bits per heavy atom. The first-order valence-corrected chi connectivity index (χ1v) is 5.41. The predicted octanol–water partition coefficient (Wildman–Crippen LogP) is 0.789. The van der Waals surface area contributed by atoms with Crippen molar-refractivity contribution < 1.29 is 9.90 Å². The molecule has 70 valence electrons. The standard InChI is InChI=1S/C8H15NO2S/c9-5-6-1-3-12-4-2-7(6)8(10)11/h6-7H,1-5,9H2,(H,10,11)/t6-,7+/m0/s1. The second-order valence-corrected chi connectivity index (χ2v) is 4.35. The van der Waals surface area contributed by atoms with Crippen molar-refractivity contribution in [2.45, 2.75) is 12.8 Å². The molecule has 0 unspecified atom stereocenters. The van der Waals surface area contributed by atoms with E-state index in [4.69, 9.17) is 10.8 Å². The maximum atomic E-state index is 10.8. The van der Waals surface area contributed by atoms with E-state index in [1.165, 1.54) is 0 Å². The smallest absolute Gasteiger partial charge is 0.306 e. The number of nitrogens with two attached hydrogens (primary N) is 1. The highest BCUT2D eigenvalue weighted by atomic mass is 32.2. The summed E-state index contributed by atoms with van der Waals surface area (Å²) < 4.78 is 0. The van der Waals surface area contributed by atoms with Gasteiger partial charge in [-0.3, -0.25) is 4.79 Å². The number of rotatable bonds is 2. The van der Waals surface area contributed by atoms with Crippen molar-refractivity contribution in [1.29, 1.82) is 0 Å². The van der Waals surface area contributed by atoms with E-state index in [1.807, 2.05) is 11.8 Å². The highest BCUT2D eigenvalue weighted by molar-refractivity contribution is 7.99. The second-order valence-electron chi connectivity index (χ2n) is 3.13. The van der Waals surface area contributed by atoms with Crippen LogP contribution in [0, 0.1) is 11.8 Å². The van der Waals surface area contributed by atoms with E-state index < -0.39 is 5.97 Å². The summed E-state index contributed by atoms with van der Waals surface area (Å²) in [4.78, 5) is 10.8. The molecule has 0 amide bonds. The summed E-state index contributed by atoms with van der Waals surface area (Å²) in [7, 11) is 0. The number of carboxylic acids is 1. The number of carboxylic acid groups (broad SMARTS) is 1. The molecule has 1 aliphatic rings. The van der Waals surface area contributed by atoms with Gasteiger partial charge in [0.15, 0.2) is 0 Å². The summed E-state index contributed by atoms with van der Waals surface area (Å²) in [6.07, 6.45) is 1.74. The van der Waals surface area contributed by atoms with Crippen molar-refractivity contribution in [3.8, 4) is 0 Å². The van der Waals surface area contributed by atoms with Gasteiger partial charge in [-0.1, -0.05) is 0 Å². The van der Waals surface area contributed by atoms with Crippen molar-refractivity contribution in [2.24, 2.45) is 17.6 Å². The molecule has 0 radical (unpaired) electrons. The summed E-state index contributed by atoms with van der Waals surface area (Å²) in [5, 5.41) is 8.90. The molecule has 1 fully saturated rings. The van der Waals surface area contributed by atoms with Crippen LogP contribution in [0.1, 0.15) is 12.8 Å². The Balaban J connectivity index is 2.57. The molecule has 0 aromatic carbocycles. The topological polar surface area (TPSA) is 63.3 Å². The molecule has 1 saturated heterocycles. The molecule has 0 aromatic rings. The molecule has 2 atom stereocenters. The van der Waals surface area contributed by atoms with Gasteiger partial charge in [-0.25, -0.2) is 0 Å². The van der Waals surface area contributed by atoms with Crippen molar-refractivity contribution >= 4 is 17.7 Å². The van der Waals surface area contributed by atoms with E-state index in [9.17, 15) is 4.79 Å². The Kier molecular flexibility index (Phi) is 3.88. The molecule has 1 rings (SSSR count). The van der Waals surface area contributed by atoms with E-state index in [1.54, 1.807) is 0 Å². The van der Waals surface area contributed by atoms with Gasteiger partial charge in [-0.05, 0) is 36.8 Å². The molecule has 0 spiro atoms. The fourth-order valence-electron chi connectivity index (χ4n) is 1.59. The number of hydrogen-bond donors (Lipinski definition) is 2. The number of aliphatic carboxylic acids is 1. The Labute approximate surface area is 76.7 Å². The Morgan fingerprint density at radius 3 is 2.75 bits per heavy atom. The minimum Gasteiger partial charge on any atom is -0.481 e. The fourth-order valence-corrected chi connectivity index (χ4v) is 2.69. The van der Waals surface area contributed by atoms with Crippen molar-refractivity contribution in [2.75, 3.05) is 18.1 Å². The highest BCUT2D eigenvalue weighted by Crippen LogP contribution is 2.27. The van der Waals surface area contributed by atoms with Crippen LogP contribution in [-0.2, 0) is 4.79 Å². The zero-order valence-electron chi connectivity index (χ0n) is 7.03. The van der Waals surface area contributed by atoms with E-state index in [0.29, 0.717) is 6.54 Å². The Morgan fingerprint density at radius 2 is 2.17 bits per heavy atom. The van der Waals surface area contributed by atoms with Crippen LogP contribution >= 0.6 is 11.8 Å². The van der Waals surface area contributed by atoms with Gasteiger partial charge in [0, 0.05) is 0 Å². The zero-order valence-corrected chi connectivity index (χ0v) is 7.85. The summed E-state index contributed by atoms with van der Waals surface area (Å²) >= 11 is 1.84. The summed E-state index contributed by atoms with van der Waals surface area (Å²) in [5.41, 5.74) is 5.53. The van der Waals surface area contributed by atoms with E-state index in [-0.39, 0.29) is 11.8 Å². The third kappa shape index (κ3) is 2.38. The number of thioether (sulfide) groups is 1. The van der Waals surface area contributed by atoms with Gasteiger partial charge >= 0.3 is 5.97 Å². The Hall–Kier alpha value is -0.220. The molecular formula is C8H15NO2S. The molecule has 3 N–H and O–H groups in total. The summed E-state index contributed by atoms with van der Waals surface area (Å²) in [5.74, 6) is 1.34. The first kappa shape index (κ1) is 9.86. The lowest BCUT2D eigenvalue weighted by Crippen LogP contribution is -2.29. The Bertz CT molecular complexity index is 163. The maximum Gasteiger partial charge on any atom is 0.306 e. The van der Waals surface area contributed by atoms with Crippen LogP contribution in [0.5, 0.6) is 0 Å². The minimum absolute atomic E-state index is 0.192. The van der Waals surface area contributed by atoms with E-state index >= 15 is 0 Å². The normalized spacial score (nSPS) is 31.1. The summed E-state index contributed by atoms with van der Waals surface area (Å²) in [6.45, 7) is 0.511. The highest BCUT2D eigenvalue weighted by Gasteiger charge is 2.28. The third-order valence-corrected chi connectivity index (χ3v) is 3.44. The monoisotopic (exact) mass is 189 g/mol. The van der Waals surface area contributed by atoms with Gasteiger partial charge in [0.2, 0.25) is 0 Å². The van der Waals surface area contributed by atoms with Crippen molar-refractivity contribution in [1.82, 2.24) is 0 Å². The molecule has 0 saturated carbocycles. The minimum atomic E-state index is -0.673. The molecule has 1 aliphatic heterocycles. The average Bonchev–Trinajstić information content (AvgIpc) is 2.27. The SMILES string of the molecule is NC[C@@H]1CCSCC[C@H]1C(=O)O.